The van der Waals surface area contributed by atoms with E-state index in [0.29, 0.717) is 13.2 Å². The highest BCUT2D eigenvalue weighted by Gasteiger charge is 2.31. The minimum Gasteiger partial charge on any atom is -0.487 e. The summed E-state index contributed by atoms with van der Waals surface area (Å²) in [5.74, 6) is 1.05. The van der Waals surface area contributed by atoms with Crippen molar-refractivity contribution in [1.82, 2.24) is 20.1 Å². The number of nitrogens with zero attached hydrogens (tertiary/aromatic N) is 3. The van der Waals surface area contributed by atoms with Crippen LogP contribution in [0.3, 0.4) is 0 Å². The molecule has 2 aromatic heterocycles. The molecule has 1 saturated heterocycles. The molecule has 146 valence electrons. The Labute approximate surface area is 165 Å². The Kier molecular flexibility index (Phi) is 5.69. The summed E-state index contributed by atoms with van der Waals surface area (Å²) in [5, 5.41) is 17.7. The second-order valence-electron chi connectivity index (χ2n) is 7.53. The zero-order chi connectivity index (χ0) is 19.3. The largest absolute Gasteiger partial charge is 0.487 e. The fraction of sp³-hybridized carbons (Fsp3) is 0.364. The highest BCUT2D eigenvalue weighted by Crippen LogP contribution is 2.24. The van der Waals surface area contributed by atoms with Gasteiger partial charge in [0.2, 0.25) is 0 Å². The number of benzene rings is 1. The molecule has 1 aromatic carbocycles. The van der Waals surface area contributed by atoms with E-state index in [1.165, 1.54) is 5.56 Å². The molecule has 0 spiro atoms. The second kappa shape index (κ2) is 8.54. The molecule has 1 aliphatic heterocycles. The number of nitrogens with one attached hydrogen (secondary N) is 1. The van der Waals surface area contributed by atoms with Gasteiger partial charge in [0.1, 0.15) is 12.4 Å². The molecule has 4 rings (SSSR count). The minimum absolute atomic E-state index is 0.214. The summed E-state index contributed by atoms with van der Waals surface area (Å²) in [6, 6.07) is 16.0. The van der Waals surface area contributed by atoms with E-state index in [2.05, 4.69) is 38.3 Å². The number of ether oxygens (including phenoxy) is 1. The van der Waals surface area contributed by atoms with Gasteiger partial charge in [0.25, 0.3) is 0 Å². The molecule has 0 unspecified atom stereocenters. The van der Waals surface area contributed by atoms with Crippen molar-refractivity contribution in [2.45, 2.75) is 32.6 Å². The quantitative estimate of drug-likeness (QED) is 0.661. The molecule has 2 N–H and O–H groups in total. The summed E-state index contributed by atoms with van der Waals surface area (Å²) in [4.78, 5) is 6.58. The SMILES string of the molecule is Cc1cc(C[C@@H]2CN(Cc3cccc(OCc4ccccn4)c3)C[C@@H]2O)n[nH]1. The summed E-state index contributed by atoms with van der Waals surface area (Å²) in [7, 11) is 0. The van der Waals surface area contributed by atoms with Crippen molar-refractivity contribution < 1.29 is 9.84 Å². The third-order valence-electron chi connectivity index (χ3n) is 5.13. The Morgan fingerprint density at radius 1 is 1.14 bits per heavy atom. The number of aliphatic hydroxyl groups excluding tert-OH is 1. The molecule has 6 heteroatoms. The lowest BCUT2D eigenvalue weighted by Gasteiger charge is -2.16. The number of hydrogen-bond acceptors (Lipinski definition) is 5. The molecule has 0 saturated carbocycles. The van der Waals surface area contributed by atoms with Gasteiger partial charge in [-0.3, -0.25) is 15.0 Å². The first-order chi connectivity index (χ1) is 13.7. The van der Waals surface area contributed by atoms with Crippen molar-refractivity contribution in [1.29, 1.82) is 0 Å². The van der Waals surface area contributed by atoms with Crippen molar-refractivity contribution in [3.05, 3.63) is 77.4 Å². The summed E-state index contributed by atoms with van der Waals surface area (Å²) in [6.45, 7) is 4.81. The van der Waals surface area contributed by atoms with Crippen molar-refractivity contribution in [3.63, 3.8) is 0 Å². The zero-order valence-electron chi connectivity index (χ0n) is 16.1. The third kappa shape index (κ3) is 4.77. The lowest BCUT2D eigenvalue weighted by molar-refractivity contribution is 0.140. The van der Waals surface area contributed by atoms with E-state index in [0.717, 1.165) is 42.3 Å². The molecule has 3 aromatic rings. The first kappa shape index (κ1) is 18.7. The van der Waals surface area contributed by atoms with Crippen LogP contribution in [0, 0.1) is 12.8 Å². The number of rotatable bonds is 7. The van der Waals surface area contributed by atoms with E-state index < -0.39 is 0 Å². The van der Waals surface area contributed by atoms with Crippen LogP contribution in [0.15, 0.2) is 54.7 Å². The normalized spacial score (nSPS) is 19.8. The van der Waals surface area contributed by atoms with E-state index in [1.807, 2.05) is 37.3 Å². The maximum absolute atomic E-state index is 10.5. The monoisotopic (exact) mass is 378 g/mol. The van der Waals surface area contributed by atoms with Gasteiger partial charge in [0, 0.05) is 37.4 Å². The van der Waals surface area contributed by atoms with Gasteiger partial charge in [-0.1, -0.05) is 18.2 Å². The first-order valence-electron chi connectivity index (χ1n) is 9.68. The van der Waals surface area contributed by atoms with Crippen molar-refractivity contribution in [3.8, 4) is 5.75 Å². The number of aromatic nitrogens is 3. The Balaban J connectivity index is 1.32. The van der Waals surface area contributed by atoms with E-state index >= 15 is 0 Å². The lowest BCUT2D eigenvalue weighted by atomic mass is 10.0. The fourth-order valence-electron chi connectivity index (χ4n) is 3.75. The molecular weight excluding hydrogens is 352 g/mol. The third-order valence-corrected chi connectivity index (χ3v) is 5.13. The summed E-state index contributed by atoms with van der Waals surface area (Å²) < 4.78 is 5.88. The summed E-state index contributed by atoms with van der Waals surface area (Å²) in [6.07, 6.45) is 2.25. The van der Waals surface area contributed by atoms with E-state index in [1.54, 1.807) is 6.20 Å². The van der Waals surface area contributed by atoms with Crippen LogP contribution in [0.1, 0.15) is 22.6 Å². The van der Waals surface area contributed by atoms with Gasteiger partial charge in [-0.2, -0.15) is 5.10 Å². The van der Waals surface area contributed by atoms with Gasteiger partial charge in [-0.25, -0.2) is 0 Å². The van der Waals surface area contributed by atoms with E-state index in [9.17, 15) is 5.11 Å². The number of hydrogen-bond donors (Lipinski definition) is 2. The molecule has 6 nitrogen and oxygen atoms in total. The van der Waals surface area contributed by atoms with Gasteiger partial charge in [-0.05, 0) is 49.2 Å². The standard InChI is InChI=1S/C22H26N4O2/c1-16-9-20(25-24-16)11-18-13-26(14-22(18)27)12-17-5-4-7-21(10-17)28-15-19-6-2-3-8-23-19/h2-10,18,22,27H,11-15H2,1H3,(H,24,25)/t18-,22+/m1/s1. The van der Waals surface area contributed by atoms with Crippen LogP contribution in [0.2, 0.25) is 0 Å². The van der Waals surface area contributed by atoms with Crippen LogP contribution >= 0.6 is 0 Å². The average molecular weight is 378 g/mol. The average Bonchev–Trinajstić information content (AvgIpc) is 3.26. The fourth-order valence-corrected chi connectivity index (χ4v) is 3.75. The first-order valence-corrected chi connectivity index (χ1v) is 9.68. The molecule has 3 heterocycles. The number of aryl methyl sites for hydroxylation is 1. The second-order valence-corrected chi connectivity index (χ2v) is 7.53. The van der Waals surface area contributed by atoms with E-state index in [-0.39, 0.29) is 12.0 Å². The number of aromatic amines is 1. The van der Waals surface area contributed by atoms with Crippen LogP contribution in [0.25, 0.3) is 0 Å². The Morgan fingerprint density at radius 2 is 2.07 bits per heavy atom. The van der Waals surface area contributed by atoms with Gasteiger partial charge in [0.15, 0.2) is 0 Å². The number of H-pyrrole nitrogens is 1. The highest BCUT2D eigenvalue weighted by molar-refractivity contribution is 5.29. The van der Waals surface area contributed by atoms with Crippen molar-refractivity contribution >= 4 is 0 Å². The minimum atomic E-state index is -0.319. The summed E-state index contributed by atoms with van der Waals surface area (Å²) in [5.41, 5.74) is 4.17. The molecule has 0 radical (unpaired) electrons. The number of aliphatic hydroxyl groups is 1. The molecule has 0 bridgehead atoms. The lowest BCUT2D eigenvalue weighted by Crippen LogP contribution is -2.21. The Bertz CT molecular complexity index is 896. The predicted molar refractivity (Wildman–Crippen MR) is 107 cm³/mol. The summed E-state index contributed by atoms with van der Waals surface area (Å²) >= 11 is 0. The molecule has 2 atom stereocenters. The molecule has 1 fully saturated rings. The Morgan fingerprint density at radius 3 is 2.86 bits per heavy atom. The molecule has 0 amide bonds. The van der Waals surface area contributed by atoms with Gasteiger partial charge in [0.05, 0.1) is 17.5 Å². The van der Waals surface area contributed by atoms with Crippen molar-refractivity contribution in [2.24, 2.45) is 5.92 Å². The van der Waals surface area contributed by atoms with Crippen LogP contribution < -0.4 is 4.74 Å². The van der Waals surface area contributed by atoms with Gasteiger partial charge < -0.3 is 9.84 Å². The molecule has 1 aliphatic rings. The molecule has 28 heavy (non-hydrogen) atoms. The van der Waals surface area contributed by atoms with Crippen molar-refractivity contribution in [2.75, 3.05) is 13.1 Å². The topological polar surface area (TPSA) is 74.3 Å². The smallest absolute Gasteiger partial charge is 0.130 e. The Hall–Kier alpha value is -2.70. The number of β-amino-alcohol motifs (C(OH)–C–C–N with tert-alkyl or cyclic N) is 1. The van der Waals surface area contributed by atoms with Crippen LogP contribution in [-0.2, 0) is 19.6 Å². The maximum atomic E-state index is 10.5. The van der Waals surface area contributed by atoms with Gasteiger partial charge in [-0.15, -0.1) is 0 Å². The van der Waals surface area contributed by atoms with E-state index in [4.69, 9.17) is 4.74 Å². The maximum Gasteiger partial charge on any atom is 0.130 e. The number of pyridine rings is 1. The predicted octanol–water partition coefficient (Wildman–Crippen LogP) is 2.73. The van der Waals surface area contributed by atoms with Crippen LogP contribution in [-0.4, -0.2) is 44.4 Å². The molecule has 0 aliphatic carbocycles. The number of likely N-dealkylation sites (tertiary alicyclic amines) is 1. The van der Waals surface area contributed by atoms with Gasteiger partial charge >= 0.3 is 0 Å². The van der Waals surface area contributed by atoms with Crippen LogP contribution in [0.5, 0.6) is 5.75 Å². The molecular formula is C22H26N4O2. The zero-order valence-corrected chi connectivity index (χ0v) is 16.1. The highest BCUT2D eigenvalue weighted by atomic mass is 16.5. The van der Waals surface area contributed by atoms with Crippen LogP contribution in [0.4, 0.5) is 0 Å².